The van der Waals surface area contributed by atoms with Gasteiger partial charge in [-0.25, -0.2) is 4.39 Å². The lowest BCUT2D eigenvalue weighted by Crippen LogP contribution is -2.63. The van der Waals surface area contributed by atoms with Crippen LogP contribution < -0.4 is 20.0 Å². The summed E-state index contributed by atoms with van der Waals surface area (Å²) >= 11 is 6.35. The lowest BCUT2D eigenvalue weighted by atomic mass is 9.76. The molecule has 13 nitrogen and oxygen atoms in total. The monoisotopic (exact) mass is 806 g/mol. The fourth-order valence-corrected chi connectivity index (χ4v) is 10.2. The second kappa shape index (κ2) is 14.7. The molecule has 1 unspecified atom stereocenters. The van der Waals surface area contributed by atoms with Crippen molar-refractivity contribution in [2.45, 2.75) is 57.2 Å². The molecular weight excluding hydrogens is 763 g/mol. The number of halogens is 2. The minimum absolute atomic E-state index is 0.0689. The van der Waals surface area contributed by atoms with Gasteiger partial charge in [0, 0.05) is 94.3 Å². The molecule has 3 aromatic carbocycles. The van der Waals surface area contributed by atoms with Gasteiger partial charge in [-0.15, -0.1) is 0 Å². The number of anilines is 3. The molecule has 58 heavy (non-hydrogen) atoms. The van der Waals surface area contributed by atoms with Gasteiger partial charge in [-0.05, 0) is 92.6 Å². The first-order chi connectivity index (χ1) is 27.9. The molecule has 5 fully saturated rings. The van der Waals surface area contributed by atoms with E-state index in [1.807, 2.05) is 18.2 Å². The predicted molar refractivity (Wildman–Crippen MR) is 214 cm³/mol. The number of fused-ring (bicyclic) bond motifs is 1. The molecule has 0 aromatic heterocycles. The molecule has 1 N–H and O–H groups in total. The van der Waals surface area contributed by atoms with Gasteiger partial charge in [-0.3, -0.25) is 39.1 Å². The molecule has 0 saturated carbocycles. The number of rotatable bonds is 6. The SMILES string of the molecule is C[C@H]1CC2(CCN(c3ccc(C(=O)N4CCN(C5CN(c6ccc7c(c6)C(=O)N(C6CCC(=O)NC6=O)C7=O)C5)CC4)cc3F)CC2)CN1c1ccc(C#N)c(Cl)c1. The third-order valence-corrected chi connectivity index (χ3v) is 13.6. The van der Waals surface area contributed by atoms with Gasteiger partial charge in [-0.1, -0.05) is 11.6 Å². The number of nitriles is 1. The van der Waals surface area contributed by atoms with Crippen LogP contribution in [0.2, 0.25) is 5.02 Å². The maximum Gasteiger partial charge on any atom is 0.262 e. The number of amides is 5. The van der Waals surface area contributed by atoms with E-state index in [4.69, 9.17) is 11.6 Å². The Labute approximate surface area is 340 Å². The Morgan fingerprint density at radius 3 is 2.29 bits per heavy atom. The number of nitrogens with one attached hydrogen (secondary N) is 1. The Morgan fingerprint density at radius 1 is 0.879 bits per heavy atom. The summed E-state index contributed by atoms with van der Waals surface area (Å²) in [5.74, 6) is -2.65. The van der Waals surface area contributed by atoms with Crippen molar-refractivity contribution in [3.05, 3.63) is 87.7 Å². The number of hydrogen-bond donors (Lipinski definition) is 1. The van der Waals surface area contributed by atoms with Gasteiger partial charge in [0.15, 0.2) is 0 Å². The highest BCUT2D eigenvalue weighted by Crippen LogP contribution is 2.46. The van der Waals surface area contributed by atoms with Crippen molar-refractivity contribution in [3.8, 4) is 6.07 Å². The van der Waals surface area contributed by atoms with Crippen LogP contribution in [-0.4, -0.2) is 121 Å². The zero-order valence-electron chi connectivity index (χ0n) is 32.3. The van der Waals surface area contributed by atoms with Crippen LogP contribution in [0.15, 0.2) is 54.6 Å². The summed E-state index contributed by atoms with van der Waals surface area (Å²) in [7, 11) is 0. The van der Waals surface area contributed by atoms with Crippen LogP contribution in [0.3, 0.4) is 0 Å². The van der Waals surface area contributed by atoms with E-state index in [2.05, 4.69) is 37.9 Å². The van der Waals surface area contributed by atoms with Gasteiger partial charge >= 0.3 is 0 Å². The first-order valence-corrected chi connectivity index (χ1v) is 20.4. The summed E-state index contributed by atoms with van der Waals surface area (Å²) in [6.07, 6.45) is 3.08. The fraction of sp³-hybridized carbons (Fsp3) is 0.442. The van der Waals surface area contributed by atoms with Gasteiger partial charge in [0.25, 0.3) is 17.7 Å². The Bertz CT molecular complexity index is 2280. The van der Waals surface area contributed by atoms with Crippen molar-refractivity contribution in [2.75, 3.05) is 73.6 Å². The average molecular weight is 807 g/mol. The third-order valence-electron chi connectivity index (χ3n) is 13.3. The summed E-state index contributed by atoms with van der Waals surface area (Å²) in [5, 5.41) is 12.0. The number of hydrogen-bond acceptors (Lipinski definition) is 10. The Kier molecular flexibility index (Phi) is 9.63. The molecule has 6 aliphatic rings. The minimum Gasteiger partial charge on any atom is -0.369 e. The van der Waals surface area contributed by atoms with Crippen LogP contribution in [0.1, 0.15) is 75.7 Å². The molecular formula is C43H44ClFN8O5. The standard InChI is InChI=1S/C43H44ClFN8O5/c1-26-21-43(25-52(26)30-4-2-28(22-46)34(44)20-30)10-12-49(13-11-43)36-7-3-27(18-35(36)45)40(56)50-16-14-48(15-17-50)31-23-51(24-31)29-5-6-32-33(19-29)42(58)53(41(32)57)37-8-9-38(54)47-39(37)55/h2-7,18-20,26,31,37H,8-17,21,23-25H2,1H3,(H,47,54,55)/t26-,37?/m0/s1. The number of piperidine rings is 2. The van der Waals surface area contributed by atoms with Crippen LogP contribution in [0, 0.1) is 22.6 Å². The third kappa shape index (κ3) is 6.63. The van der Waals surface area contributed by atoms with Gasteiger partial charge in [-0.2, -0.15) is 5.26 Å². The smallest absolute Gasteiger partial charge is 0.262 e. The zero-order valence-corrected chi connectivity index (χ0v) is 33.0. The lowest BCUT2D eigenvalue weighted by molar-refractivity contribution is -0.136. The molecule has 5 amide bonds. The molecule has 300 valence electrons. The molecule has 0 aliphatic carbocycles. The molecule has 6 aliphatic heterocycles. The summed E-state index contributed by atoms with van der Waals surface area (Å²) in [4.78, 5) is 75.7. The van der Waals surface area contributed by atoms with Crippen molar-refractivity contribution in [2.24, 2.45) is 5.41 Å². The molecule has 1 spiro atoms. The molecule has 9 rings (SSSR count). The fourth-order valence-electron chi connectivity index (χ4n) is 9.94. The average Bonchev–Trinajstić information content (AvgIpc) is 3.65. The molecule has 0 radical (unpaired) electrons. The lowest BCUT2D eigenvalue weighted by Gasteiger charge is -2.49. The number of imide groups is 2. The summed E-state index contributed by atoms with van der Waals surface area (Å²) in [5.41, 5.74) is 3.81. The molecule has 3 aromatic rings. The largest absolute Gasteiger partial charge is 0.369 e. The first kappa shape index (κ1) is 38.0. The highest BCUT2D eigenvalue weighted by atomic mass is 35.5. The molecule has 5 saturated heterocycles. The first-order valence-electron chi connectivity index (χ1n) is 20.1. The molecule has 2 atom stereocenters. The zero-order chi connectivity index (χ0) is 40.5. The number of carbonyl (C=O) groups excluding carboxylic acids is 5. The van der Waals surface area contributed by atoms with Crippen LogP contribution >= 0.6 is 11.6 Å². The van der Waals surface area contributed by atoms with E-state index in [0.29, 0.717) is 54.1 Å². The van der Waals surface area contributed by atoms with E-state index in [1.165, 1.54) is 6.07 Å². The summed E-state index contributed by atoms with van der Waals surface area (Å²) in [6, 6.07) is 17.3. The molecule has 15 heteroatoms. The van der Waals surface area contributed by atoms with E-state index in [1.54, 1.807) is 35.2 Å². The Balaban J connectivity index is 0.754. The van der Waals surface area contributed by atoms with Gasteiger partial charge in [0.1, 0.15) is 17.9 Å². The Hall–Kier alpha value is -5.52. The van der Waals surface area contributed by atoms with Gasteiger partial charge < -0.3 is 19.6 Å². The summed E-state index contributed by atoms with van der Waals surface area (Å²) in [6.45, 7) is 8.45. The van der Waals surface area contributed by atoms with Crippen molar-refractivity contribution in [3.63, 3.8) is 0 Å². The van der Waals surface area contributed by atoms with Gasteiger partial charge in [0.05, 0.1) is 27.4 Å². The van der Waals surface area contributed by atoms with Crippen LogP contribution in [0.4, 0.5) is 21.5 Å². The number of benzene rings is 3. The van der Waals surface area contributed by atoms with E-state index < -0.39 is 29.7 Å². The Morgan fingerprint density at radius 2 is 1.60 bits per heavy atom. The highest BCUT2D eigenvalue weighted by Gasteiger charge is 2.46. The second-order valence-corrected chi connectivity index (χ2v) is 17.1. The van der Waals surface area contributed by atoms with Crippen LogP contribution in [0.25, 0.3) is 0 Å². The molecule has 0 bridgehead atoms. The maximum atomic E-state index is 15.7. The maximum absolute atomic E-state index is 15.7. The normalized spacial score (nSPS) is 23.7. The highest BCUT2D eigenvalue weighted by molar-refractivity contribution is 6.32. The van der Waals surface area contributed by atoms with Crippen LogP contribution in [-0.2, 0) is 9.59 Å². The topological polar surface area (TPSA) is 141 Å². The predicted octanol–water partition coefficient (Wildman–Crippen LogP) is 4.28. The van der Waals surface area contributed by atoms with E-state index >= 15 is 4.39 Å². The van der Waals surface area contributed by atoms with E-state index in [-0.39, 0.29) is 47.1 Å². The van der Waals surface area contributed by atoms with Crippen molar-refractivity contribution in [1.82, 2.24) is 20.0 Å². The number of nitrogens with zero attached hydrogens (tertiary/aromatic N) is 7. The van der Waals surface area contributed by atoms with Crippen molar-refractivity contribution in [1.29, 1.82) is 5.26 Å². The van der Waals surface area contributed by atoms with Crippen molar-refractivity contribution < 1.29 is 28.4 Å². The molecule has 6 heterocycles. The van der Waals surface area contributed by atoms with E-state index in [0.717, 1.165) is 68.3 Å². The van der Waals surface area contributed by atoms with Crippen LogP contribution in [0.5, 0.6) is 0 Å². The van der Waals surface area contributed by atoms with Crippen molar-refractivity contribution >= 4 is 58.2 Å². The number of piperazine rings is 1. The second-order valence-electron chi connectivity index (χ2n) is 16.7. The number of carbonyl (C=O) groups is 5. The van der Waals surface area contributed by atoms with Gasteiger partial charge in [0.2, 0.25) is 11.8 Å². The minimum atomic E-state index is -1.00. The summed E-state index contributed by atoms with van der Waals surface area (Å²) < 4.78 is 15.7. The van der Waals surface area contributed by atoms with E-state index in [9.17, 15) is 29.2 Å². The quantitative estimate of drug-likeness (QED) is 0.359.